The number of aromatic nitrogens is 3. The van der Waals surface area contributed by atoms with Gasteiger partial charge in [-0.1, -0.05) is 19.9 Å². The number of pyridine rings is 3. The standard InChI is InChI=1S/C21H20FN3O2/c1-3-15-6-5-7-17(24-15)10-21(26)20-11-18(9-16(4-2)25-20)27-19-8-14(22)12-23-13-19/h5-9,11-13H,3-4,10H2,1-2H3. The number of hydrogen-bond acceptors (Lipinski definition) is 5. The summed E-state index contributed by atoms with van der Waals surface area (Å²) in [6.07, 6.45) is 4.13. The third-order valence-electron chi connectivity index (χ3n) is 3.98. The molecule has 3 heterocycles. The highest BCUT2D eigenvalue weighted by atomic mass is 19.1. The number of halogens is 1. The number of hydrogen-bond donors (Lipinski definition) is 0. The number of rotatable bonds is 7. The maximum absolute atomic E-state index is 13.3. The van der Waals surface area contributed by atoms with Gasteiger partial charge in [0.05, 0.1) is 18.8 Å². The topological polar surface area (TPSA) is 65.0 Å². The quantitative estimate of drug-likeness (QED) is 0.582. The van der Waals surface area contributed by atoms with Crippen molar-refractivity contribution in [2.75, 3.05) is 0 Å². The molecule has 0 unspecified atom stereocenters. The number of aryl methyl sites for hydroxylation is 2. The maximum Gasteiger partial charge on any atom is 0.187 e. The Morgan fingerprint density at radius 3 is 2.48 bits per heavy atom. The lowest BCUT2D eigenvalue weighted by molar-refractivity contribution is 0.0986. The van der Waals surface area contributed by atoms with E-state index in [0.29, 0.717) is 23.6 Å². The third-order valence-corrected chi connectivity index (χ3v) is 3.98. The van der Waals surface area contributed by atoms with E-state index in [9.17, 15) is 9.18 Å². The van der Waals surface area contributed by atoms with Crippen molar-refractivity contribution in [2.45, 2.75) is 33.1 Å². The van der Waals surface area contributed by atoms with E-state index in [-0.39, 0.29) is 18.0 Å². The highest BCUT2D eigenvalue weighted by molar-refractivity contribution is 5.95. The van der Waals surface area contributed by atoms with Gasteiger partial charge in [-0.2, -0.15) is 0 Å². The Labute approximate surface area is 157 Å². The van der Waals surface area contributed by atoms with Crippen LogP contribution in [0.5, 0.6) is 11.5 Å². The van der Waals surface area contributed by atoms with Crippen LogP contribution in [0.4, 0.5) is 4.39 Å². The van der Waals surface area contributed by atoms with Crippen LogP contribution in [0.25, 0.3) is 0 Å². The van der Waals surface area contributed by atoms with Crippen LogP contribution < -0.4 is 4.74 Å². The fourth-order valence-corrected chi connectivity index (χ4v) is 2.61. The van der Waals surface area contributed by atoms with Gasteiger partial charge >= 0.3 is 0 Å². The van der Waals surface area contributed by atoms with E-state index in [2.05, 4.69) is 15.0 Å². The first-order valence-electron chi connectivity index (χ1n) is 8.84. The predicted molar refractivity (Wildman–Crippen MR) is 99.5 cm³/mol. The van der Waals surface area contributed by atoms with Crippen molar-refractivity contribution in [1.29, 1.82) is 0 Å². The molecule has 6 heteroatoms. The van der Waals surface area contributed by atoms with Crippen molar-refractivity contribution in [2.24, 2.45) is 0 Å². The van der Waals surface area contributed by atoms with Crippen LogP contribution in [0.3, 0.4) is 0 Å². The van der Waals surface area contributed by atoms with Gasteiger partial charge in [0.25, 0.3) is 0 Å². The first kappa shape index (κ1) is 18.6. The molecular weight excluding hydrogens is 345 g/mol. The van der Waals surface area contributed by atoms with E-state index in [1.54, 1.807) is 12.1 Å². The molecule has 0 fully saturated rings. The van der Waals surface area contributed by atoms with E-state index in [1.807, 2.05) is 32.0 Å². The van der Waals surface area contributed by atoms with Gasteiger partial charge in [0.1, 0.15) is 23.0 Å². The van der Waals surface area contributed by atoms with Crippen LogP contribution in [0.15, 0.2) is 48.8 Å². The number of carbonyl (C=O) groups is 1. The molecule has 0 aliphatic carbocycles. The summed E-state index contributed by atoms with van der Waals surface area (Å²) < 4.78 is 19.0. The minimum atomic E-state index is -0.490. The molecule has 0 aliphatic rings. The zero-order chi connectivity index (χ0) is 19.2. The van der Waals surface area contributed by atoms with Crippen LogP contribution in [-0.4, -0.2) is 20.7 Å². The Kier molecular flexibility index (Phi) is 5.86. The molecular formula is C21H20FN3O2. The molecule has 0 amide bonds. The van der Waals surface area contributed by atoms with E-state index >= 15 is 0 Å². The second kappa shape index (κ2) is 8.49. The second-order valence-corrected chi connectivity index (χ2v) is 6.05. The first-order chi connectivity index (χ1) is 13.1. The van der Waals surface area contributed by atoms with Crippen molar-refractivity contribution in [1.82, 2.24) is 15.0 Å². The zero-order valence-electron chi connectivity index (χ0n) is 15.3. The van der Waals surface area contributed by atoms with Crippen molar-refractivity contribution < 1.29 is 13.9 Å². The summed E-state index contributed by atoms with van der Waals surface area (Å²) in [6.45, 7) is 3.96. The van der Waals surface area contributed by atoms with Crippen molar-refractivity contribution in [3.8, 4) is 11.5 Å². The molecule has 5 nitrogen and oxygen atoms in total. The molecule has 0 bridgehead atoms. The lowest BCUT2D eigenvalue weighted by Gasteiger charge is -2.09. The fourth-order valence-electron chi connectivity index (χ4n) is 2.61. The van der Waals surface area contributed by atoms with Crippen LogP contribution in [-0.2, 0) is 19.3 Å². The van der Waals surface area contributed by atoms with Crippen molar-refractivity contribution in [3.05, 3.63) is 77.4 Å². The van der Waals surface area contributed by atoms with E-state index in [0.717, 1.165) is 24.0 Å². The van der Waals surface area contributed by atoms with E-state index < -0.39 is 5.82 Å². The average molecular weight is 365 g/mol. The van der Waals surface area contributed by atoms with Gasteiger partial charge in [0.15, 0.2) is 5.78 Å². The van der Waals surface area contributed by atoms with Crippen LogP contribution >= 0.6 is 0 Å². The second-order valence-electron chi connectivity index (χ2n) is 6.05. The van der Waals surface area contributed by atoms with Crippen LogP contribution in [0, 0.1) is 5.82 Å². The zero-order valence-corrected chi connectivity index (χ0v) is 15.3. The monoisotopic (exact) mass is 365 g/mol. The summed E-state index contributed by atoms with van der Waals surface area (Å²) >= 11 is 0. The molecule has 0 spiro atoms. The highest BCUT2D eigenvalue weighted by Gasteiger charge is 2.14. The Hall–Kier alpha value is -3.15. The Morgan fingerprint density at radius 2 is 1.74 bits per heavy atom. The summed E-state index contributed by atoms with van der Waals surface area (Å²) in [5.41, 5.74) is 2.67. The molecule has 3 aromatic heterocycles. The number of nitrogens with zero attached hydrogens (tertiary/aromatic N) is 3. The summed E-state index contributed by atoms with van der Waals surface area (Å²) in [5.74, 6) is 0.0514. The van der Waals surface area contributed by atoms with Crippen molar-refractivity contribution >= 4 is 5.78 Å². The first-order valence-corrected chi connectivity index (χ1v) is 8.84. The Balaban J connectivity index is 1.84. The molecule has 138 valence electrons. The largest absolute Gasteiger partial charge is 0.455 e. The van der Waals surface area contributed by atoms with Gasteiger partial charge in [0.2, 0.25) is 0 Å². The van der Waals surface area contributed by atoms with Crippen LogP contribution in [0.2, 0.25) is 0 Å². The smallest absolute Gasteiger partial charge is 0.187 e. The Morgan fingerprint density at radius 1 is 0.963 bits per heavy atom. The highest BCUT2D eigenvalue weighted by Crippen LogP contribution is 2.23. The van der Waals surface area contributed by atoms with E-state index in [4.69, 9.17) is 4.74 Å². The predicted octanol–water partition coefficient (Wildman–Crippen LogP) is 4.35. The van der Waals surface area contributed by atoms with Crippen LogP contribution in [0.1, 0.15) is 41.4 Å². The Bertz CT molecular complexity index is 960. The summed E-state index contributed by atoms with van der Waals surface area (Å²) in [6, 6.07) is 10.2. The fraction of sp³-hybridized carbons (Fsp3) is 0.238. The van der Waals surface area contributed by atoms with Gasteiger partial charge in [-0.25, -0.2) is 9.37 Å². The SMILES string of the molecule is CCc1cccc(CC(=O)c2cc(Oc3cncc(F)c3)cc(CC)n2)n1. The van der Waals surface area contributed by atoms with Gasteiger partial charge in [-0.05, 0) is 25.0 Å². The molecule has 0 saturated carbocycles. The molecule has 0 N–H and O–H groups in total. The van der Waals surface area contributed by atoms with Crippen molar-refractivity contribution in [3.63, 3.8) is 0 Å². The molecule has 0 aliphatic heterocycles. The number of ether oxygens (including phenoxy) is 1. The summed E-state index contributed by atoms with van der Waals surface area (Å²) in [4.78, 5) is 25.3. The maximum atomic E-state index is 13.3. The van der Waals surface area contributed by atoms with Gasteiger partial charge in [0, 0.05) is 35.3 Å². The van der Waals surface area contributed by atoms with Gasteiger partial charge < -0.3 is 4.74 Å². The molecule has 0 atom stereocenters. The molecule has 0 saturated heterocycles. The van der Waals surface area contributed by atoms with Gasteiger partial charge in [-0.15, -0.1) is 0 Å². The summed E-state index contributed by atoms with van der Waals surface area (Å²) in [5, 5.41) is 0. The number of Topliss-reactive ketones (excluding diaryl/α,β-unsaturated/α-hetero) is 1. The number of carbonyl (C=O) groups excluding carboxylic acids is 1. The average Bonchev–Trinajstić information content (AvgIpc) is 2.67. The van der Waals surface area contributed by atoms with E-state index in [1.165, 1.54) is 12.3 Å². The lowest BCUT2D eigenvalue weighted by Crippen LogP contribution is -2.09. The molecule has 3 aromatic rings. The molecule has 0 aromatic carbocycles. The summed E-state index contributed by atoms with van der Waals surface area (Å²) in [7, 11) is 0. The lowest BCUT2D eigenvalue weighted by atomic mass is 10.1. The molecule has 0 radical (unpaired) electrons. The molecule has 27 heavy (non-hydrogen) atoms. The molecule has 3 rings (SSSR count). The van der Waals surface area contributed by atoms with Gasteiger partial charge in [-0.3, -0.25) is 14.8 Å². The minimum absolute atomic E-state index is 0.145. The normalized spacial score (nSPS) is 10.6. The number of ketones is 1. The minimum Gasteiger partial charge on any atom is -0.455 e. The third kappa shape index (κ3) is 4.94.